The van der Waals surface area contributed by atoms with E-state index in [2.05, 4.69) is 21.3 Å². The number of carboxylic acid groups (broad SMARTS) is 1. The van der Waals surface area contributed by atoms with Crippen molar-refractivity contribution < 1.29 is 14.7 Å². The number of anilines is 1. The van der Waals surface area contributed by atoms with E-state index >= 15 is 0 Å². The molecule has 0 aliphatic carbocycles. The Kier molecular flexibility index (Phi) is 8.31. The molecule has 1 atom stereocenters. The number of aromatic nitrogens is 1. The van der Waals surface area contributed by atoms with E-state index in [9.17, 15) is 14.5 Å². The summed E-state index contributed by atoms with van der Waals surface area (Å²) in [6.07, 6.45) is 1.59. The molecule has 0 fully saturated rings. The number of carbonyl (C=O) groups is 2. The number of benzene rings is 1. The van der Waals surface area contributed by atoms with E-state index in [1.54, 1.807) is 18.3 Å². The van der Waals surface area contributed by atoms with Crippen LogP contribution >= 0.6 is 12.2 Å². The van der Waals surface area contributed by atoms with E-state index in [1.165, 1.54) is 7.05 Å². The van der Waals surface area contributed by atoms with Crippen molar-refractivity contribution in [3.63, 3.8) is 0 Å². The van der Waals surface area contributed by atoms with Crippen LogP contribution < -0.4 is 11.1 Å². The highest BCUT2D eigenvalue weighted by Crippen LogP contribution is 2.23. The van der Waals surface area contributed by atoms with Gasteiger partial charge < -0.3 is 16.2 Å². The van der Waals surface area contributed by atoms with Crippen LogP contribution in [0.5, 0.6) is 0 Å². The zero-order valence-electron chi connectivity index (χ0n) is 13.8. The molecule has 4 N–H and O–H groups in total. The molecule has 0 spiro atoms. The average molecular weight is 375 g/mol. The molecule has 136 valence electrons. The fraction of sp³-hybridized carbons (Fsp3) is 0.125. The molecule has 3 rings (SSSR count). The molecule has 10 heteroatoms. The highest BCUT2D eigenvalue weighted by molar-refractivity contribution is 7.81. The number of nitroso groups, excluding NO2 is 1. The van der Waals surface area contributed by atoms with Crippen molar-refractivity contribution in [3.8, 4) is 0 Å². The van der Waals surface area contributed by atoms with Crippen LogP contribution in [0.1, 0.15) is 5.69 Å². The largest absolute Gasteiger partial charge is 0.479 e. The van der Waals surface area contributed by atoms with Gasteiger partial charge in [-0.1, -0.05) is 48.6 Å². The van der Waals surface area contributed by atoms with Crippen molar-refractivity contribution in [2.75, 3.05) is 12.4 Å². The molecule has 1 aromatic carbocycles. The van der Waals surface area contributed by atoms with Crippen molar-refractivity contribution in [1.82, 2.24) is 9.99 Å². The summed E-state index contributed by atoms with van der Waals surface area (Å²) in [4.78, 5) is 34.2. The van der Waals surface area contributed by atoms with E-state index in [1.807, 2.05) is 36.4 Å². The molecule has 0 saturated heterocycles. The Hall–Kier alpha value is -3.40. The summed E-state index contributed by atoms with van der Waals surface area (Å²) < 4.78 is 0. The molecule has 1 aliphatic heterocycles. The van der Waals surface area contributed by atoms with Crippen LogP contribution in [0.15, 0.2) is 60.0 Å². The summed E-state index contributed by atoms with van der Waals surface area (Å²) >= 11 is 4.97. The summed E-state index contributed by atoms with van der Waals surface area (Å²) in [5.41, 5.74) is 5.81. The van der Waals surface area contributed by atoms with Gasteiger partial charge in [0.25, 0.3) is 0 Å². The van der Waals surface area contributed by atoms with Gasteiger partial charge in [0.1, 0.15) is 5.69 Å². The van der Waals surface area contributed by atoms with Gasteiger partial charge in [0, 0.05) is 13.2 Å². The number of hydrogen-bond acceptors (Lipinski definition) is 7. The van der Waals surface area contributed by atoms with Gasteiger partial charge in [0.2, 0.25) is 0 Å². The minimum Gasteiger partial charge on any atom is -0.479 e. The van der Waals surface area contributed by atoms with Gasteiger partial charge in [-0.2, -0.15) is 5.01 Å². The maximum absolute atomic E-state index is 10.7. The van der Waals surface area contributed by atoms with Gasteiger partial charge in [0.05, 0.1) is 15.8 Å². The summed E-state index contributed by atoms with van der Waals surface area (Å²) in [7, 11) is 1.18. The third-order valence-corrected chi connectivity index (χ3v) is 3.39. The number of thiocarbonyl (C=S) groups is 1. The second-order valence-electron chi connectivity index (χ2n) is 4.78. The minimum absolute atomic E-state index is 0.350. The summed E-state index contributed by atoms with van der Waals surface area (Å²) in [6.45, 7) is 0. The Balaban J connectivity index is 0.000000220. The molecule has 1 aliphatic rings. The molecular weight excluding hydrogens is 358 g/mol. The average Bonchev–Trinajstić information content (AvgIpc) is 3.01. The molecule has 0 saturated carbocycles. The predicted molar refractivity (Wildman–Crippen MR) is 101 cm³/mol. The van der Waals surface area contributed by atoms with E-state index in [-0.39, 0.29) is 0 Å². The number of nitrogens with zero attached hydrogens (tertiary/aromatic N) is 3. The second kappa shape index (κ2) is 10.5. The molecule has 2 aromatic rings. The number of nitrogens with two attached hydrogens (primary N) is 1. The Morgan fingerprint density at radius 3 is 2.12 bits per heavy atom. The Labute approximate surface area is 154 Å². The van der Waals surface area contributed by atoms with Crippen molar-refractivity contribution in [2.45, 2.75) is 6.04 Å². The Morgan fingerprint density at radius 2 is 1.77 bits per heavy atom. The van der Waals surface area contributed by atoms with Crippen molar-refractivity contribution >= 4 is 34.8 Å². The summed E-state index contributed by atoms with van der Waals surface area (Å²) in [5, 5.41) is 14.3. The van der Waals surface area contributed by atoms with E-state index < -0.39 is 18.0 Å². The van der Waals surface area contributed by atoms with Gasteiger partial charge in [0.15, 0.2) is 6.04 Å². The number of nitrogens with one attached hydrogen (secondary N) is 1. The molecule has 1 aromatic heterocycles. The smallest absolute Gasteiger partial charge is 0.337 e. The lowest BCUT2D eigenvalue weighted by atomic mass is 10.2. The van der Waals surface area contributed by atoms with Gasteiger partial charge in [-0.15, -0.1) is 4.91 Å². The van der Waals surface area contributed by atoms with Crippen LogP contribution in [-0.2, 0) is 4.79 Å². The van der Waals surface area contributed by atoms with Gasteiger partial charge in [-0.05, 0) is 12.1 Å². The normalized spacial score (nSPS) is 13.6. The molecular formula is C16H17N5O4S. The highest BCUT2D eigenvalue weighted by atomic mass is 32.1. The number of hydrogen-bond donors (Lipinski definition) is 3. The van der Waals surface area contributed by atoms with Gasteiger partial charge in [-0.3, -0.25) is 4.98 Å². The summed E-state index contributed by atoms with van der Waals surface area (Å²) in [5.74, 6) is -0.969. The Bertz CT molecular complexity index is 746. The summed E-state index contributed by atoms with van der Waals surface area (Å²) in [6, 6.07) is 13.8. The first kappa shape index (κ1) is 20.6. The number of carbonyl (C=O) groups excluding carboxylic acids is 1. The number of primary amides is 1. The lowest BCUT2D eigenvalue weighted by Gasteiger charge is -2.03. The SMILES string of the molecule is CN(N=O)C(N)=O.O=C(O)C1Nc2cccnc2C1=S.c1ccccc1. The molecule has 0 radical (unpaired) electrons. The fourth-order valence-electron chi connectivity index (χ4n) is 1.67. The monoisotopic (exact) mass is 375 g/mol. The third kappa shape index (κ3) is 6.24. The molecule has 1 unspecified atom stereocenters. The third-order valence-electron chi connectivity index (χ3n) is 2.96. The van der Waals surface area contributed by atoms with Crippen LogP contribution in [-0.4, -0.2) is 45.1 Å². The number of amides is 2. The number of rotatable bonds is 2. The van der Waals surface area contributed by atoms with Crippen molar-refractivity contribution in [1.29, 1.82) is 0 Å². The minimum atomic E-state index is -0.969. The first-order valence-electron chi connectivity index (χ1n) is 7.23. The van der Waals surface area contributed by atoms with Gasteiger partial charge in [-0.25, -0.2) is 9.59 Å². The Morgan fingerprint density at radius 1 is 1.23 bits per heavy atom. The van der Waals surface area contributed by atoms with E-state index in [0.717, 1.165) is 0 Å². The highest BCUT2D eigenvalue weighted by Gasteiger charge is 2.32. The van der Waals surface area contributed by atoms with E-state index in [4.69, 9.17) is 17.3 Å². The number of fused-ring (bicyclic) bond motifs is 1. The van der Waals surface area contributed by atoms with Gasteiger partial charge >= 0.3 is 12.0 Å². The number of pyridine rings is 1. The van der Waals surface area contributed by atoms with Crippen molar-refractivity contribution in [3.05, 3.63) is 65.3 Å². The molecule has 26 heavy (non-hydrogen) atoms. The topological polar surface area (TPSA) is 138 Å². The van der Waals surface area contributed by atoms with E-state index in [0.29, 0.717) is 21.3 Å². The molecule has 0 bridgehead atoms. The maximum atomic E-state index is 10.7. The first-order chi connectivity index (χ1) is 12.4. The number of aliphatic carboxylic acids is 1. The molecule has 2 amide bonds. The number of carboxylic acids is 1. The number of urea groups is 1. The van der Waals surface area contributed by atoms with Crippen LogP contribution in [0.2, 0.25) is 0 Å². The lowest BCUT2D eigenvalue weighted by Crippen LogP contribution is -2.31. The van der Waals surface area contributed by atoms with Crippen LogP contribution in [0, 0.1) is 4.91 Å². The maximum Gasteiger partial charge on any atom is 0.337 e. The standard InChI is InChI=1S/C8H6N2O2S.C6H6.C2H5N3O2/c11-8(12)6-7(13)5-4(10-6)2-1-3-9-5;1-2-4-6-5-3-1;1-5(4-7)2(3)6/h1-3,6,10H,(H,11,12);1-6H;1H3,(H2,3,6). The zero-order chi connectivity index (χ0) is 19.5. The van der Waals surface area contributed by atoms with Crippen LogP contribution in [0.25, 0.3) is 0 Å². The second-order valence-corrected chi connectivity index (χ2v) is 5.22. The first-order valence-corrected chi connectivity index (χ1v) is 7.64. The predicted octanol–water partition coefficient (Wildman–Crippen LogP) is 2.04. The molecule has 2 heterocycles. The zero-order valence-corrected chi connectivity index (χ0v) is 14.6. The fourth-order valence-corrected chi connectivity index (χ4v) is 2.00. The molecule has 9 nitrogen and oxygen atoms in total. The lowest BCUT2D eigenvalue weighted by molar-refractivity contribution is -0.136. The quantitative estimate of drug-likeness (QED) is 0.415. The van der Waals surface area contributed by atoms with Crippen LogP contribution in [0.4, 0.5) is 10.5 Å². The van der Waals surface area contributed by atoms with Crippen molar-refractivity contribution in [2.24, 2.45) is 11.0 Å². The van der Waals surface area contributed by atoms with Crippen LogP contribution in [0.3, 0.4) is 0 Å².